The van der Waals surface area contributed by atoms with Crippen molar-refractivity contribution in [2.45, 2.75) is 32.6 Å². The second-order valence-corrected chi connectivity index (χ2v) is 8.42. The minimum absolute atomic E-state index is 0.189. The van der Waals surface area contributed by atoms with Crippen LogP contribution in [0.4, 0.5) is 5.95 Å². The van der Waals surface area contributed by atoms with E-state index >= 15 is 0 Å². The van der Waals surface area contributed by atoms with Gasteiger partial charge in [0, 0.05) is 50.4 Å². The smallest absolute Gasteiger partial charge is 0.248 e. The number of carbonyl (C=O) groups excluding carboxylic acids is 2. The molecule has 8 heteroatoms. The number of anilines is 1. The monoisotopic (exact) mass is 438 g/mol. The van der Waals surface area contributed by atoms with E-state index in [9.17, 15) is 9.59 Å². The summed E-state index contributed by atoms with van der Waals surface area (Å²) >= 11 is 0. The van der Waals surface area contributed by atoms with Crippen molar-refractivity contribution in [3.8, 4) is 11.1 Å². The van der Waals surface area contributed by atoms with Gasteiger partial charge in [0.2, 0.25) is 17.8 Å². The van der Waals surface area contributed by atoms with Crippen LogP contribution in [0.3, 0.4) is 0 Å². The van der Waals surface area contributed by atoms with Gasteiger partial charge in [0.15, 0.2) is 0 Å². The lowest BCUT2D eigenvalue weighted by Crippen LogP contribution is -2.43. The van der Waals surface area contributed by atoms with Crippen molar-refractivity contribution in [2.75, 3.05) is 51.7 Å². The van der Waals surface area contributed by atoms with Gasteiger partial charge in [-0.1, -0.05) is 12.1 Å². The number of likely N-dealkylation sites (N-methyl/N-ethyl adjacent to an activating group) is 1. The van der Waals surface area contributed by atoms with Crippen LogP contribution in [0, 0.1) is 0 Å². The Hall–Kier alpha value is -3.00. The van der Waals surface area contributed by atoms with Gasteiger partial charge in [0.05, 0.1) is 12.2 Å². The number of benzene rings is 1. The summed E-state index contributed by atoms with van der Waals surface area (Å²) < 4.78 is 0. The Kier molecular flexibility index (Phi) is 7.80. The molecule has 1 aromatic carbocycles. The summed E-state index contributed by atoms with van der Waals surface area (Å²) in [5.74, 6) is 0.650. The Bertz CT molecular complexity index is 949. The molecule has 1 aliphatic heterocycles. The largest absolute Gasteiger partial charge is 0.366 e. The first-order chi connectivity index (χ1) is 15.3. The fourth-order valence-corrected chi connectivity index (χ4v) is 4.21. The van der Waals surface area contributed by atoms with Crippen molar-refractivity contribution in [3.05, 3.63) is 41.7 Å². The maximum absolute atomic E-state index is 12.5. The van der Waals surface area contributed by atoms with Gasteiger partial charge < -0.3 is 15.5 Å². The highest BCUT2D eigenvalue weighted by Crippen LogP contribution is 2.35. The predicted molar refractivity (Wildman–Crippen MR) is 127 cm³/mol. The molecular weight excluding hydrogens is 404 g/mol. The summed E-state index contributed by atoms with van der Waals surface area (Å²) in [7, 11) is 3.85. The van der Waals surface area contributed by atoms with E-state index in [0.717, 1.165) is 55.8 Å². The minimum Gasteiger partial charge on any atom is -0.366 e. The Balaban J connectivity index is 1.83. The SMILES string of the molecule is CCN(CC)C(=O)CN1CCC(c2nc(N(C)C)ncc2-c2cccc(C(N)=O)c2)CC1. The Morgan fingerprint density at radius 3 is 2.44 bits per heavy atom. The van der Waals surface area contributed by atoms with Crippen LogP contribution in [0.1, 0.15) is 48.7 Å². The molecule has 32 heavy (non-hydrogen) atoms. The number of hydrogen-bond acceptors (Lipinski definition) is 6. The fraction of sp³-hybridized carbons (Fsp3) is 0.500. The topological polar surface area (TPSA) is 95.7 Å². The van der Waals surface area contributed by atoms with Gasteiger partial charge in [0.1, 0.15) is 0 Å². The third-order valence-electron chi connectivity index (χ3n) is 6.11. The van der Waals surface area contributed by atoms with Crippen molar-refractivity contribution >= 4 is 17.8 Å². The molecular formula is C24H34N6O2. The molecule has 0 spiro atoms. The third kappa shape index (κ3) is 5.43. The summed E-state index contributed by atoms with van der Waals surface area (Å²) in [5, 5.41) is 0. The molecule has 2 heterocycles. The van der Waals surface area contributed by atoms with Crippen LogP contribution in [-0.4, -0.2) is 78.4 Å². The number of carbonyl (C=O) groups is 2. The van der Waals surface area contributed by atoms with Crippen LogP contribution >= 0.6 is 0 Å². The quantitative estimate of drug-likeness (QED) is 0.680. The van der Waals surface area contributed by atoms with E-state index in [1.807, 2.05) is 56.1 Å². The van der Waals surface area contributed by atoms with Crippen molar-refractivity contribution in [2.24, 2.45) is 5.73 Å². The van der Waals surface area contributed by atoms with Gasteiger partial charge >= 0.3 is 0 Å². The normalized spacial score (nSPS) is 14.9. The first-order valence-corrected chi connectivity index (χ1v) is 11.3. The lowest BCUT2D eigenvalue weighted by molar-refractivity contribution is -0.132. The van der Waals surface area contributed by atoms with E-state index < -0.39 is 5.91 Å². The maximum atomic E-state index is 12.5. The summed E-state index contributed by atoms with van der Waals surface area (Å²) in [6, 6.07) is 7.31. The number of hydrogen-bond donors (Lipinski definition) is 1. The summed E-state index contributed by atoms with van der Waals surface area (Å²) in [6.45, 7) is 7.68. The zero-order valence-corrected chi connectivity index (χ0v) is 19.5. The zero-order valence-electron chi connectivity index (χ0n) is 19.5. The Morgan fingerprint density at radius 2 is 1.84 bits per heavy atom. The number of aromatic nitrogens is 2. The van der Waals surface area contributed by atoms with E-state index in [2.05, 4.69) is 9.88 Å². The molecule has 1 saturated heterocycles. The van der Waals surface area contributed by atoms with Gasteiger partial charge in [-0.05, 0) is 57.5 Å². The molecule has 1 fully saturated rings. The van der Waals surface area contributed by atoms with Gasteiger partial charge in [-0.2, -0.15) is 0 Å². The average Bonchev–Trinajstić information content (AvgIpc) is 2.80. The summed E-state index contributed by atoms with van der Waals surface area (Å²) in [4.78, 5) is 39.6. The molecule has 0 bridgehead atoms. The molecule has 0 aliphatic carbocycles. The fourth-order valence-electron chi connectivity index (χ4n) is 4.21. The van der Waals surface area contributed by atoms with Gasteiger partial charge in [-0.3, -0.25) is 14.5 Å². The molecule has 1 aliphatic rings. The molecule has 2 N–H and O–H groups in total. The standard InChI is InChI=1S/C24H34N6O2/c1-5-30(6-2)21(31)16-29-12-10-17(11-13-29)22-20(15-26-24(27-22)28(3)4)18-8-7-9-19(14-18)23(25)32/h7-9,14-15,17H,5-6,10-13,16H2,1-4H3,(H2,25,32). The van der Waals surface area contributed by atoms with Crippen molar-refractivity contribution in [3.63, 3.8) is 0 Å². The number of likely N-dealkylation sites (tertiary alicyclic amines) is 1. The average molecular weight is 439 g/mol. The van der Waals surface area contributed by atoms with Crippen LogP contribution in [0.25, 0.3) is 11.1 Å². The lowest BCUT2D eigenvalue weighted by atomic mass is 9.88. The summed E-state index contributed by atoms with van der Waals surface area (Å²) in [6.07, 6.45) is 3.67. The summed E-state index contributed by atoms with van der Waals surface area (Å²) in [5.41, 5.74) is 8.76. The van der Waals surface area contributed by atoms with Crippen molar-refractivity contribution < 1.29 is 9.59 Å². The number of nitrogens with two attached hydrogens (primary N) is 1. The van der Waals surface area contributed by atoms with E-state index in [1.54, 1.807) is 12.1 Å². The Labute approximate surface area is 190 Å². The molecule has 2 amide bonds. The molecule has 0 saturated carbocycles. The van der Waals surface area contributed by atoms with E-state index in [0.29, 0.717) is 18.1 Å². The molecule has 0 atom stereocenters. The molecule has 0 radical (unpaired) electrons. The molecule has 172 valence electrons. The van der Waals surface area contributed by atoms with Crippen LogP contribution in [0.2, 0.25) is 0 Å². The minimum atomic E-state index is -0.453. The number of primary amides is 1. The first kappa shape index (κ1) is 23.7. The second kappa shape index (κ2) is 10.5. The van der Waals surface area contributed by atoms with Gasteiger partial charge in [0.25, 0.3) is 0 Å². The highest BCUT2D eigenvalue weighted by Gasteiger charge is 2.27. The lowest BCUT2D eigenvalue weighted by Gasteiger charge is -2.33. The maximum Gasteiger partial charge on any atom is 0.248 e. The molecule has 0 unspecified atom stereocenters. The van der Waals surface area contributed by atoms with Crippen LogP contribution < -0.4 is 10.6 Å². The van der Waals surface area contributed by atoms with Crippen molar-refractivity contribution in [1.29, 1.82) is 0 Å². The van der Waals surface area contributed by atoms with Gasteiger partial charge in [-0.15, -0.1) is 0 Å². The van der Waals surface area contributed by atoms with E-state index in [-0.39, 0.29) is 11.8 Å². The number of piperidine rings is 1. The number of rotatable bonds is 8. The molecule has 3 rings (SSSR count). The first-order valence-electron chi connectivity index (χ1n) is 11.3. The third-order valence-corrected chi connectivity index (χ3v) is 6.11. The predicted octanol–water partition coefficient (Wildman–Crippen LogP) is 2.36. The van der Waals surface area contributed by atoms with Gasteiger partial charge in [-0.25, -0.2) is 9.97 Å². The van der Waals surface area contributed by atoms with E-state index in [1.165, 1.54) is 0 Å². The molecule has 8 nitrogen and oxygen atoms in total. The zero-order chi connectivity index (χ0) is 23.3. The van der Waals surface area contributed by atoms with E-state index in [4.69, 9.17) is 10.7 Å². The molecule has 1 aromatic heterocycles. The molecule has 2 aromatic rings. The Morgan fingerprint density at radius 1 is 1.16 bits per heavy atom. The number of nitrogens with zero attached hydrogens (tertiary/aromatic N) is 5. The second-order valence-electron chi connectivity index (χ2n) is 8.42. The van der Waals surface area contributed by atoms with Crippen molar-refractivity contribution in [1.82, 2.24) is 19.8 Å². The number of amides is 2. The highest BCUT2D eigenvalue weighted by molar-refractivity contribution is 5.94. The van der Waals surface area contributed by atoms with Crippen LogP contribution in [0.5, 0.6) is 0 Å². The highest BCUT2D eigenvalue weighted by atomic mass is 16.2. The van der Waals surface area contributed by atoms with Crippen LogP contribution in [-0.2, 0) is 4.79 Å². The van der Waals surface area contributed by atoms with Crippen LogP contribution in [0.15, 0.2) is 30.5 Å².